The quantitative estimate of drug-likeness (QED) is 0.417. The Morgan fingerprint density at radius 1 is 1.23 bits per heavy atom. The number of aliphatic imine (C=N–C) groups is 1. The van der Waals surface area contributed by atoms with Crippen molar-refractivity contribution in [1.29, 1.82) is 0 Å². The van der Waals surface area contributed by atoms with Crippen LogP contribution in [0, 0.1) is 0 Å². The van der Waals surface area contributed by atoms with Crippen LogP contribution in [0.3, 0.4) is 0 Å². The molecular formula is C13H17F3N4O2. The largest absolute Gasteiger partial charge is 0.573 e. The van der Waals surface area contributed by atoms with E-state index in [4.69, 9.17) is 5.73 Å². The number of halogens is 3. The van der Waals surface area contributed by atoms with Crippen molar-refractivity contribution in [3.05, 3.63) is 29.8 Å². The summed E-state index contributed by atoms with van der Waals surface area (Å²) in [6, 6.07) is 5.35. The second-order valence-electron chi connectivity index (χ2n) is 4.30. The van der Waals surface area contributed by atoms with Gasteiger partial charge in [-0.15, -0.1) is 13.2 Å². The van der Waals surface area contributed by atoms with Crippen molar-refractivity contribution in [3.63, 3.8) is 0 Å². The molecular weight excluding hydrogens is 301 g/mol. The standard InChI is InChI=1S/C13H17F3N4O2/c1-9(21)18-6-7-19-12(17)20-8-10-2-4-11(5-3-10)22-13(14,15)16/h2-5H,6-8H2,1H3,(H,18,21)(H3,17,19,20). The fourth-order valence-electron chi connectivity index (χ4n) is 1.46. The topological polar surface area (TPSA) is 88.7 Å². The molecule has 0 radical (unpaired) electrons. The first-order chi connectivity index (χ1) is 10.3. The number of carbonyl (C=O) groups is 1. The van der Waals surface area contributed by atoms with Gasteiger partial charge in [-0.05, 0) is 17.7 Å². The summed E-state index contributed by atoms with van der Waals surface area (Å²) < 4.78 is 39.8. The average molecular weight is 318 g/mol. The van der Waals surface area contributed by atoms with Crippen LogP contribution in [0.15, 0.2) is 29.3 Å². The Labute approximate surface area is 125 Å². The summed E-state index contributed by atoms with van der Waals surface area (Å²) in [6.07, 6.45) is -4.71. The Hall–Kier alpha value is -2.45. The number of nitrogens with one attached hydrogen (secondary N) is 2. The van der Waals surface area contributed by atoms with Crippen LogP contribution in [-0.4, -0.2) is 31.3 Å². The van der Waals surface area contributed by atoms with Crippen molar-refractivity contribution < 1.29 is 22.7 Å². The van der Waals surface area contributed by atoms with E-state index in [2.05, 4.69) is 20.4 Å². The first-order valence-electron chi connectivity index (χ1n) is 6.39. The molecule has 0 heterocycles. The van der Waals surface area contributed by atoms with E-state index in [0.29, 0.717) is 18.7 Å². The predicted molar refractivity (Wildman–Crippen MR) is 75.1 cm³/mol. The number of rotatable bonds is 6. The molecule has 1 amide bonds. The van der Waals surface area contributed by atoms with Gasteiger partial charge in [-0.25, -0.2) is 4.99 Å². The molecule has 0 saturated carbocycles. The average Bonchev–Trinajstić information content (AvgIpc) is 2.41. The highest BCUT2D eigenvalue weighted by Crippen LogP contribution is 2.22. The van der Waals surface area contributed by atoms with Crippen molar-refractivity contribution in [1.82, 2.24) is 10.6 Å². The third-order valence-electron chi connectivity index (χ3n) is 2.39. The van der Waals surface area contributed by atoms with Gasteiger partial charge >= 0.3 is 6.36 Å². The van der Waals surface area contributed by atoms with Crippen molar-refractivity contribution in [3.8, 4) is 5.75 Å². The van der Waals surface area contributed by atoms with Gasteiger partial charge in [0.1, 0.15) is 5.75 Å². The number of ether oxygens (including phenoxy) is 1. The zero-order valence-corrected chi connectivity index (χ0v) is 11.9. The van der Waals surface area contributed by atoms with E-state index in [1.807, 2.05) is 0 Å². The third kappa shape index (κ3) is 7.98. The molecule has 0 spiro atoms. The van der Waals surface area contributed by atoms with Crippen LogP contribution < -0.4 is 21.1 Å². The summed E-state index contributed by atoms with van der Waals surface area (Å²) in [7, 11) is 0. The lowest BCUT2D eigenvalue weighted by Crippen LogP contribution is -2.37. The Morgan fingerprint density at radius 2 is 1.82 bits per heavy atom. The SMILES string of the molecule is CC(=O)NCCNC(N)=NCc1ccc(OC(F)(F)F)cc1. The van der Waals surface area contributed by atoms with Crippen LogP contribution in [0.25, 0.3) is 0 Å². The fourth-order valence-corrected chi connectivity index (χ4v) is 1.46. The molecule has 4 N–H and O–H groups in total. The molecule has 1 rings (SSSR count). The molecule has 122 valence electrons. The predicted octanol–water partition coefficient (Wildman–Crippen LogP) is 1.13. The summed E-state index contributed by atoms with van der Waals surface area (Å²) in [5.74, 6) is -0.249. The molecule has 6 nitrogen and oxygen atoms in total. The van der Waals surface area contributed by atoms with Crippen LogP contribution >= 0.6 is 0 Å². The normalized spacial score (nSPS) is 11.9. The van der Waals surface area contributed by atoms with Crippen molar-refractivity contribution >= 4 is 11.9 Å². The number of nitrogens with zero attached hydrogens (tertiary/aromatic N) is 1. The fraction of sp³-hybridized carbons (Fsp3) is 0.385. The Balaban J connectivity index is 2.40. The van der Waals surface area contributed by atoms with Crippen LogP contribution in [0.1, 0.15) is 12.5 Å². The van der Waals surface area contributed by atoms with Gasteiger partial charge in [-0.1, -0.05) is 12.1 Å². The highest BCUT2D eigenvalue weighted by molar-refractivity contribution is 5.78. The third-order valence-corrected chi connectivity index (χ3v) is 2.39. The van der Waals surface area contributed by atoms with Gasteiger partial charge in [0.25, 0.3) is 0 Å². The van der Waals surface area contributed by atoms with Gasteiger partial charge in [-0.3, -0.25) is 4.79 Å². The molecule has 0 aliphatic rings. The second kappa shape index (κ2) is 8.11. The van der Waals surface area contributed by atoms with Crippen LogP contribution in [0.5, 0.6) is 5.75 Å². The van der Waals surface area contributed by atoms with Crippen LogP contribution in [0.2, 0.25) is 0 Å². The number of guanidine groups is 1. The van der Waals surface area contributed by atoms with Crippen molar-refractivity contribution in [2.45, 2.75) is 19.8 Å². The molecule has 0 bridgehead atoms. The minimum Gasteiger partial charge on any atom is -0.406 e. The Kier molecular flexibility index (Phi) is 6.48. The lowest BCUT2D eigenvalue weighted by Gasteiger charge is -2.09. The molecule has 9 heteroatoms. The van der Waals surface area contributed by atoms with E-state index < -0.39 is 6.36 Å². The maximum atomic E-state index is 12.0. The second-order valence-corrected chi connectivity index (χ2v) is 4.30. The van der Waals surface area contributed by atoms with Gasteiger partial charge < -0.3 is 21.1 Å². The number of amides is 1. The van der Waals surface area contributed by atoms with E-state index in [0.717, 1.165) is 0 Å². The summed E-state index contributed by atoms with van der Waals surface area (Å²) in [5, 5.41) is 5.37. The molecule has 0 unspecified atom stereocenters. The molecule has 0 aromatic heterocycles. The van der Waals surface area contributed by atoms with E-state index in [9.17, 15) is 18.0 Å². The highest BCUT2D eigenvalue weighted by atomic mass is 19.4. The Bertz CT molecular complexity index is 515. The summed E-state index contributed by atoms with van der Waals surface area (Å²) >= 11 is 0. The maximum Gasteiger partial charge on any atom is 0.573 e. The van der Waals surface area contributed by atoms with Crippen molar-refractivity contribution in [2.75, 3.05) is 13.1 Å². The number of nitrogens with two attached hydrogens (primary N) is 1. The van der Waals surface area contributed by atoms with E-state index in [-0.39, 0.29) is 24.2 Å². The molecule has 0 aliphatic carbocycles. The van der Waals surface area contributed by atoms with Gasteiger partial charge in [0.2, 0.25) is 5.91 Å². The van der Waals surface area contributed by atoms with E-state index in [1.165, 1.54) is 31.2 Å². The van der Waals surface area contributed by atoms with Gasteiger partial charge in [0, 0.05) is 20.0 Å². The van der Waals surface area contributed by atoms with E-state index in [1.54, 1.807) is 0 Å². The number of hydrogen-bond donors (Lipinski definition) is 3. The van der Waals surface area contributed by atoms with Gasteiger partial charge in [0.05, 0.1) is 6.54 Å². The first kappa shape index (κ1) is 17.6. The maximum absolute atomic E-state index is 12.0. The molecule has 0 fully saturated rings. The smallest absolute Gasteiger partial charge is 0.406 e. The summed E-state index contributed by atoms with van der Waals surface area (Å²) in [6.45, 7) is 2.46. The molecule has 0 saturated heterocycles. The molecule has 1 aromatic rings. The molecule has 0 atom stereocenters. The van der Waals surface area contributed by atoms with E-state index >= 15 is 0 Å². The zero-order valence-electron chi connectivity index (χ0n) is 11.9. The monoisotopic (exact) mass is 318 g/mol. The number of alkyl halides is 3. The number of carbonyl (C=O) groups excluding carboxylic acids is 1. The minimum atomic E-state index is -4.71. The first-order valence-corrected chi connectivity index (χ1v) is 6.39. The van der Waals surface area contributed by atoms with Gasteiger partial charge in [-0.2, -0.15) is 0 Å². The number of benzene rings is 1. The summed E-state index contributed by atoms with van der Waals surface area (Å²) in [5.41, 5.74) is 6.29. The lowest BCUT2D eigenvalue weighted by molar-refractivity contribution is -0.274. The molecule has 0 aliphatic heterocycles. The van der Waals surface area contributed by atoms with Crippen LogP contribution in [-0.2, 0) is 11.3 Å². The minimum absolute atomic E-state index is 0.140. The highest BCUT2D eigenvalue weighted by Gasteiger charge is 2.30. The molecule has 22 heavy (non-hydrogen) atoms. The summed E-state index contributed by atoms with van der Waals surface area (Å²) in [4.78, 5) is 14.7. The number of hydrogen-bond acceptors (Lipinski definition) is 3. The Morgan fingerprint density at radius 3 is 2.36 bits per heavy atom. The lowest BCUT2D eigenvalue weighted by atomic mass is 10.2. The van der Waals surface area contributed by atoms with Crippen LogP contribution in [0.4, 0.5) is 13.2 Å². The van der Waals surface area contributed by atoms with Crippen molar-refractivity contribution in [2.24, 2.45) is 10.7 Å². The zero-order chi connectivity index (χ0) is 16.6. The van der Waals surface area contributed by atoms with Gasteiger partial charge in [0.15, 0.2) is 5.96 Å². The molecule has 1 aromatic carbocycles.